The minimum atomic E-state index is -0.346. The van der Waals surface area contributed by atoms with Crippen molar-refractivity contribution in [1.82, 2.24) is 4.90 Å². The van der Waals surface area contributed by atoms with Crippen LogP contribution in [-0.4, -0.2) is 55.1 Å². The molecule has 1 atom stereocenters. The van der Waals surface area contributed by atoms with E-state index < -0.39 is 0 Å². The quantitative estimate of drug-likeness (QED) is 0.731. The number of aliphatic hydroxyl groups is 1. The van der Waals surface area contributed by atoms with Gasteiger partial charge >= 0.3 is 0 Å². The largest absolute Gasteiger partial charge is 0.454 e. The van der Waals surface area contributed by atoms with Gasteiger partial charge in [-0.3, -0.25) is 4.79 Å². The number of hydrogen-bond acceptors (Lipinski definition) is 6. The van der Waals surface area contributed by atoms with Crippen LogP contribution in [-0.2, 0) is 4.74 Å². The Hall–Kier alpha value is -1.99. The van der Waals surface area contributed by atoms with E-state index in [-0.39, 0.29) is 25.3 Å². The minimum absolute atomic E-state index is 0.128. The van der Waals surface area contributed by atoms with Crippen LogP contribution in [0.1, 0.15) is 10.4 Å². The lowest BCUT2D eigenvalue weighted by molar-refractivity contribution is -0.0183. The molecular formula is C13H16N2O5. The molecule has 0 aromatic heterocycles. The fourth-order valence-corrected chi connectivity index (χ4v) is 2.37. The van der Waals surface area contributed by atoms with Gasteiger partial charge in [-0.05, 0) is 6.07 Å². The molecule has 3 N–H and O–H groups in total. The second-order valence-electron chi connectivity index (χ2n) is 4.70. The Labute approximate surface area is 115 Å². The molecule has 7 heteroatoms. The number of carbonyl (C=O) groups excluding carboxylic acids is 1. The Morgan fingerprint density at radius 3 is 2.90 bits per heavy atom. The van der Waals surface area contributed by atoms with Gasteiger partial charge in [0.1, 0.15) is 0 Å². The molecule has 0 radical (unpaired) electrons. The molecule has 3 rings (SSSR count). The zero-order valence-corrected chi connectivity index (χ0v) is 10.9. The Morgan fingerprint density at radius 2 is 2.15 bits per heavy atom. The average Bonchev–Trinajstić information content (AvgIpc) is 2.92. The topological polar surface area (TPSA) is 94.3 Å². The van der Waals surface area contributed by atoms with Crippen molar-refractivity contribution in [3.8, 4) is 11.5 Å². The van der Waals surface area contributed by atoms with Gasteiger partial charge in [-0.25, -0.2) is 0 Å². The number of nitrogens with zero attached hydrogens (tertiary/aromatic N) is 1. The van der Waals surface area contributed by atoms with Crippen molar-refractivity contribution in [1.29, 1.82) is 0 Å². The number of ether oxygens (including phenoxy) is 3. The standard InChI is InChI=1S/C13H16N2O5/c14-10-4-12-11(19-7-20-12)3-9(10)13(17)15-1-2-18-6-8(15)5-16/h3-4,8,16H,1-2,5-7,14H2. The summed E-state index contributed by atoms with van der Waals surface area (Å²) in [6, 6.07) is 2.83. The number of fused-ring (bicyclic) bond motifs is 1. The summed E-state index contributed by atoms with van der Waals surface area (Å²) in [7, 11) is 0. The number of carbonyl (C=O) groups is 1. The van der Waals surface area contributed by atoms with Crippen LogP contribution in [0.4, 0.5) is 5.69 Å². The lowest BCUT2D eigenvalue weighted by Gasteiger charge is -2.34. The number of morpholine rings is 1. The number of nitrogens with two attached hydrogens (primary N) is 1. The highest BCUT2D eigenvalue weighted by atomic mass is 16.7. The van der Waals surface area contributed by atoms with E-state index >= 15 is 0 Å². The van der Waals surface area contributed by atoms with Gasteiger partial charge in [0, 0.05) is 18.3 Å². The van der Waals surface area contributed by atoms with Crippen molar-refractivity contribution in [2.24, 2.45) is 0 Å². The molecular weight excluding hydrogens is 264 g/mol. The molecule has 0 aliphatic carbocycles. The first-order chi connectivity index (χ1) is 9.70. The molecule has 1 aromatic rings. The number of benzene rings is 1. The van der Waals surface area contributed by atoms with E-state index in [1.165, 1.54) is 0 Å². The van der Waals surface area contributed by atoms with Crippen LogP contribution in [0.2, 0.25) is 0 Å². The van der Waals surface area contributed by atoms with Gasteiger partial charge < -0.3 is 30.0 Å². The highest BCUT2D eigenvalue weighted by molar-refractivity contribution is 6.00. The van der Waals surface area contributed by atoms with Crippen LogP contribution >= 0.6 is 0 Å². The Bertz CT molecular complexity index is 534. The van der Waals surface area contributed by atoms with Crippen molar-refractivity contribution < 1.29 is 24.1 Å². The molecule has 1 saturated heterocycles. The molecule has 0 spiro atoms. The highest BCUT2D eigenvalue weighted by Gasteiger charge is 2.30. The zero-order chi connectivity index (χ0) is 14.1. The molecule has 20 heavy (non-hydrogen) atoms. The molecule has 2 aliphatic rings. The van der Waals surface area contributed by atoms with Gasteiger partial charge in [0.15, 0.2) is 11.5 Å². The molecule has 1 unspecified atom stereocenters. The molecule has 0 saturated carbocycles. The predicted octanol–water partition coefficient (Wildman–Crippen LogP) is -0.169. The second kappa shape index (κ2) is 5.18. The van der Waals surface area contributed by atoms with E-state index in [0.29, 0.717) is 42.5 Å². The van der Waals surface area contributed by atoms with E-state index in [1.807, 2.05) is 0 Å². The molecule has 1 aromatic carbocycles. The van der Waals surface area contributed by atoms with E-state index in [4.69, 9.17) is 19.9 Å². The van der Waals surface area contributed by atoms with Gasteiger partial charge in [-0.15, -0.1) is 0 Å². The van der Waals surface area contributed by atoms with Gasteiger partial charge in [0.05, 0.1) is 31.4 Å². The summed E-state index contributed by atoms with van der Waals surface area (Å²) in [6.07, 6.45) is 0. The van der Waals surface area contributed by atoms with Gasteiger partial charge in [0.25, 0.3) is 5.91 Å². The SMILES string of the molecule is Nc1cc2c(cc1C(=O)N1CCOCC1CO)OCO2. The zero-order valence-electron chi connectivity index (χ0n) is 10.9. The monoisotopic (exact) mass is 280 g/mol. The van der Waals surface area contributed by atoms with E-state index in [9.17, 15) is 9.90 Å². The lowest BCUT2D eigenvalue weighted by atomic mass is 10.1. The fourth-order valence-electron chi connectivity index (χ4n) is 2.37. The number of nitrogen functional groups attached to an aromatic ring is 1. The third kappa shape index (κ3) is 2.14. The molecule has 0 bridgehead atoms. The Kier molecular flexibility index (Phi) is 3.37. The summed E-state index contributed by atoms with van der Waals surface area (Å²) in [6.45, 7) is 1.19. The van der Waals surface area contributed by atoms with Gasteiger partial charge in [-0.1, -0.05) is 0 Å². The number of amides is 1. The summed E-state index contributed by atoms with van der Waals surface area (Å²) in [5, 5.41) is 9.33. The number of anilines is 1. The first-order valence-corrected chi connectivity index (χ1v) is 6.39. The third-order valence-corrected chi connectivity index (χ3v) is 3.47. The van der Waals surface area contributed by atoms with Crippen molar-refractivity contribution >= 4 is 11.6 Å². The predicted molar refractivity (Wildman–Crippen MR) is 69.7 cm³/mol. The number of aliphatic hydroxyl groups excluding tert-OH is 1. The Balaban J connectivity index is 1.90. The first-order valence-electron chi connectivity index (χ1n) is 6.39. The van der Waals surface area contributed by atoms with Crippen LogP contribution in [0.15, 0.2) is 12.1 Å². The van der Waals surface area contributed by atoms with Crippen LogP contribution in [0.5, 0.6) is 11.5 Å². The van der Waals surface area contributed by atoms with E-state index in [2.05, 4.69) is 0 Å². The third-order valence-electron chi connectivity index (χ3n) is 3.47. The highest BCUT2D eigenvalue weighted by Crippen LogP contribution is 2.36. The summed E-state index contributed by atoms with van der Waals surface area (Å²) in [5.41, 5.74) is 6.60. The van der Waals surface area contributed by atoms with Gasteiger partial charge in [0.2, 0.25) is 6.79 Å². The molecule has 1 amide bonds. The normalized spacial score (nSPS) is 21.1. The van der Waals surface area contributed by atoms with E-state index in [0.717, 1.165) is 0 Å². The molecule has 7 nitrogen and oxygen atoms in total. The molecule has 2 aliphatic heterocycles. The van der Waals surface area contributed by atoms with E-state index in [1.54, 1.807) is 17.0 Å². The maximum absolute atomic E-state index is 12.6. The van der Waals surface area contributed by atoms with Crippen LogP contribution < -0.4 is 15.2 Å². The number of hydrogen-bond donors (Lipinski definition) is 2. The molecule has 1 fully saturated rings. The van der Waals surface area contributed by atoms with Crippen molar-refractivity contribution in [3.05, 3.63) is 17.7 Å². The fraction of sp³-hybridized carbons (Fsp3) is 0.462. The second-order valence-corrected chi connectivity index (χ2v) is 4.70. The maximum Gasteiger partial charge on any atom is 0.256 e. The van der Waals surface area contributed by atoms with Crippen molar-refractivity contribution in [3.63, 3.8) is 0 Å². The lowest BCUT2D eigenvalue weighted by Crippen LogP contribution is -2.50. The van der Waals surface area contributed by atoms with Crippen molar-refractivity contribution in [2.45, 2.75) is 6.04 Å². The van der Waals surface area contributed by atoms with Crippen LogP contribution in [0, 0.1) is 0 Å². The van der Waals surface area contributed by atoms with Gasteiger partial charge in [-0.2, -0.15) is 0 Å². The van der Waals surface area contributed by atoms with Crippen LogP contribution in [0.3, 0.4) is 0 Å². The minimum Gasteiger partial charge on any atom is -0.454 e. The summed E-state index contributed by atoms with van der Waals surface area (Å²) in [5.74, 6) is 0.819. The molecule has 2 heterocycles. The first kappa shape index (κ1) is 13.0. The maximum atomic E-state index is 12.6. The summed E-state index contributed by atoms with van der Waals surface area (Å²) >= 11 is 0. The summed E-state index contributed by atoms with van der Waals surface area (Å²) < 4.78 is 15.7. The molecule has 108 valence electrons. The van der Waals surface area contributed by atoms with Crippen molar-refractivity contribution in [2.75, 3.05) is 38.9 Å². The Morgan fingerprint density at radius 1 is 1.40 bits per heavy atom. The average molecular weight is 280 g/mol. The van der Waals surface area contributed by atoms with Crippen LogP contribution in [0.25, 0.3) is 0 Å². The smallest absolute Gasteiger partial charge is 0.256 e. The summed E-state index contributed by atoms with van der Waals surface area (Å²) in [4.78, 5) is 14.2. The number of rotatable bonds is 2.